The number of esters is 1. The van der Waals surface area contributed by atoms with Crippen molar-refractivity contribution >= 4 is 16.1 Å². The van der Waals surface area contributed by atoms with Crippen molar-refractivity contribution in [2.45, 2.75) is 18.7 Å². The fraction of sp³-hybridized carbons (Fsp3) is 0.438. The molecule has 0 atom stereocenters. The van der Waals surface area contributed by atoms with Crippen molar-refractivity contribution in [3.8, 4) is 0 Å². The van der Waals surface area contributed by atoms with E-state index in [-0.39, 0.29) is 10.9 Å². The number of hydrogen-bond acceptors (Lipinski definition) is 5. The molecule has 0 heterocycles. The van der Waals surface area contributed by atoms with Gasteiger partial charge in [-0.15, -0.1) is 0 Å². The predicted octanol–water partition coefficient (Wildman–Crippen LogP) is 1.71. The summed E-state index contributed by atoms with van der Waals surface area (Å²) in [5.74, 6) is -0.258. The van der Waals surface area contributed by atoms with Crippen molar-refractivity contribution in [2.24, 2.45) is 0 Å². The molecule has 1 aromatic rings. The third kappa shape index (κ3) is 11.5. The number of aryl methyl sites for hydroxylation is 1. The van der Waals surface area contributed by atoms with Gasteiger partial charge in [-0.05, 0) is 26.0 Å². The topological polar surface area (TPSA) is 83.5 Å². The molecule has 0 fully saturated rings. The number of carbonyl (C=O) groups is 1. The standard InChI is InChI=1S/C9H18NO2.C7H8O3S/c1-5-6-9(11)12-8-7-10(2,3)4;1-6-2-4-7(5-3-6)11(8,9)10/h5-6H,7-8H2,1-4H3;2-5H,1H3,(H,8,9,10)/q+1;/p-1. The Morgan fingerprint density at radius 2 is 1.74 bits per heavy atom. The lowest BCUT2D eigenvalue weighted by molar-refractivity contribution is -0.870. The molecule has 0 unspecified atom stereocenters. The molecule has 23 heavy (non-hydrogen) atoms. The van der Waals surface area contributed by atoms with Gasteiger partial charge in [0.25, 0.3) is 0 Å². The molecule has 0 N–H and O–H groups in total. The highest BCUT2D eigenvalue weighted by atomic mass is 32.2. The maximum absolute atomic E-state index is 10.8. The van der Waals surface area contributed by atoms with Gasteiger partial charge in [0.15, 0.2) is 0 Å². The number of nitrogens with zero attached hydrogens (tertiary/aromatic N) is 1. The monoisotopic (exact) mass is 343 g/mol. The molecule has 0 bridgehead atoms. The molecule has 0 aliphatic rings. The zero-order valence-corrected chi connectivity index (χ0v) is 15.1. The van der Waals surface area contributed by atoms with E-state index in [4.69, 9.17) is 4.74 Å². The predicted molar refractivity (Wildman–Crippen MR) is 87.8 cm³/mol. The normalized spacial score (nSPS) is 11.7. The van der Waals surface area contributed by atoms with Gasteiger partial charge < -0.3 is 13.8 Å². The molecular formula is C16H25NO5S. The van der Waals surface area contributed by atoms with Crippen LogP contribution >= 0.6 is 0 Å². The molecule has 1 aromatic carbocycles. The Kier molecular flexibility index (Phi) is 8.74. The summed E-state index contributed by atoms with van der Waals surface area (Å²) in [6.45, 7) is 4.93. The van der Waals surface area contributed by atoms with Crippen LogP contribution in [0.1, 0.15) is 12.5 Å². The minimum Gasteiger partial charge on any atom is -0.744 e. The number of carbonyl (C=O) groups excluding carboxylic acids is 1. The second kappa shape index (κ2) is 9.44. The summed E-state index contributed by atoms with van der Waals surface area (Å²) in [5, 5.41) is 0. The molecule has 6 nitrogen and oxygen atoms in total. The van der Waals surface area contributed by atoms with Gasteiger partial charge in [-0.3, -0.25) is 0 Å². The number of quaternary nitrogens is 1. The lowest BCUT2D eigenvalue weighted by Gasteiger charge is -2.23. The van der Waals surface area contributed by atoms with E-state index in [1.165, 1.54) is 18.2 Å². The van der Waals surface area contributed by atoms with Crippen LogP contribution in [0.15, 0.2) is 41.3 Å². The van der Waals surface area contributed by atoms with Crippen molar-refractivity contribution in [1.29, 1.82) is 0 Å². The van der Waals surface area contributed by atoms with Crippen LogP contribution in [-0.4, -0.2) is 57.7 Å². The van der Waals surface area contributed by atoms with Crippen molar-refractivity contribution < 1.29 is 27.0 Å². The van der Waals surface area contributed by atoms with E-state index in [1.54, 1.807) is 25.1 Å². The largest absolute Gasteiger partial charge is 0.744 e. The number of likely N-dealkylation sites (N-methyl/N-ethyl adjacent to an activating group) is 1. The Balaban J connectivity index is 0.000000422. The van der Waals surface area contributed by atoms with Crippen LogP contribution in [0.2, 0.25) is 0 Å². The van der Waals surface area contributed by atoms with Crippen LogP contribution in [0.4, 0.5) is 0 Å². The first-order valence-corrected chi connectivity index (χ1v) is 8.49. The molecule has 0 amide bonds. The Morgan fingerprint density at radius 3 is 2.13 bits per heavy atom. The minimum atomic E-state index is -4.27. The number of rotatable bonds is 5. The smallest absolute Gasteiger partial charge is 0.330 e. The van der Waals surface area contributed by atoms with Gasteiger partial charge in [-0.1, -0.05) is 23.8 Å². The zero-order valence-electron chi connectivity index (χ0n) is 14.3. The fourth-order valence-electron chi connectivity index (χ4n) is 1.31. The summed E-state index contributed by atoms with van der Waals surface area (Å²) in [6, 6.07) is 5.78. The maximum atomic E-state index is 10.8. The van der Waals surface area contributed by atoms with Crippen molar-refractivity contribution in [3.63, 3.8) is 0 Å². The fourth-order valence-corrected chi connectivity index (χ4v) is 1.78. The van der Waals surface area contributed by atoms with E-state index >= 15 is 0 Å². The van der Waals surface area contributed by atoms with Crippen LogP contribution in [0.5, 0.6) is 0 Å². The summed E-state index contributed by atoms with van der Waals surface area (Å²) in [4.78, 5) is 10.6. The number of benzene rings is 1. The van der Waals surface area contributed by atoms with Crippen molar-refractivity contribution in [3.05, 3.63) is 42.0 Å². The third-order valence-electron chi connectivity index (χ3n) is 2.62. The van der Waals surface area contributed by atoms with Gasteiger partial charge in [0.05, 0.1) is 26.0 Å². The third-order valence-corrected chi connectivity index (χ3v) is 3.47. The highest BCUT2D eigenvalue weighted by Gasteiger charge is 2.07. The average Bonchev–Trinajstić information content (AvgIpc) is 2.37. The van der Waals surface area contributed by atoms with Crippen LogP contribution in [0.3, 0.4) is 0 Å². The highest BCUT2D eigenvalue weighted by molar-refractivity contribution is 7.85. The van der Waals surface area contributed by atoms with Gasteiger partial charge in [0, 0.05) is 6.08 Å². The Labute approximate surface area is 138 Å². The van der Waals surface area contributed by atoms with E-state index in [0.29, 0.717) is 6.61 Å². The molecule has 0 saturated carbocycles. The summed E-state index contributed by atoms with van der Waals surface area (Å²) >= 11 is 0. The Morgan fingerprint density at radius 1 is 1.22 bits per heavy atom. The van der Waals surface area contributed by atoms with Gasteiger partial charge in [0.2, 0.25) is 0 Å². The van der Waals surface area contributed by atoms with E-state index in [0.717, 1.165) is 16.6 Å². The van der Waals surface area contributed by atoms with Gasteiger partial charge in [-0.2, -0.15) is 0 Å². The molecule has 0 spiro atoms. The molecule has 0 radical (unpaired) electrons. The lowest BCUT2D eigenvalue weighted by atomic mass is 10.2. The second-order valence-corrected chi connectivity index (χ2v) is 7.33. The van der Waals surface area contributed by atoms with E-state index in [9.17, 15) is 17.8 Å². The summed E-state index contributed by atoms with van der Waals surface area (Å²) in [5.41, 5.74) is 0.928. The zero-order chi connectivity index (χ0) is 18.1. The molecule has 7 heteroatoms. The van der Waals surface area contributed by atoms with Crippen LogP contribution in [0.25, 0.3) is 0 Å². The average molecular weight is 343 g/mol. The lowest BCUT2D eigenvalue weighted by Crippen LogP contribution is -2.37. The first-order valence-electron chi connectivity index (χ1n) is 7.08. The molecule has 0 aromatic heterocycles. The minimum absolute atomic E-state index is 0.178. The SMILES string of the molecule is CC=CC(=O)OCC[N+](C)(C)C.Cc1ccc(S(=O)(=O)[O-])cc1. The number of hydrogen-bond donors (Lipinski definition) is 0. The summed E-state index contributed by atoms with van der Waals surface area (Å²) < 4.78 is 36.9. The molecule has 0 saturated heterocycles. The Hall–Kier alpha value is -1.70. The molecular weight excluding hydrogens is 318 g/mol. The van der Waals surface area contributed by atoms with Crippen molar-refractivity contribution in [1.82, 2.24) is 0 Å². The van der Waals surface area contributed by atoms with Gasteiger partial charge in [-0.25, -0.2) is 13.2 Å². The van der Waals surface area contributed by atoms with Gasteiger partial charge in [0.1, 0.15) is 23.3 Å². The molecule has 0 aliphatic heterocycles. The highest BCUT2D eigenvalue weighted by Crippen LogP contribution is 2.08. The Bertz CT molecular complexity index is 613. The first-order chi connectivity index (χ1) is 10.5. The number of allylic oxidation sites excluding steroid dienone is 1. The van der Waals surface area contributed by atoms with E-state index in [2.05, 4.69) is 21.1 Å². The maximum Gasteiger partial charge on any atom is 0.330 e. The quantitative estimate of drug-likeness (QED) is 0.352. The van der Waals surface area contributed by atoms with Crippen LogP contribution in [0, 0.1) is 6.92 Å². The van der Waals surface area contributed by atoms with E-state index < -0.39 is 10.1 Å². The van der Waals surface area contributed by atoms with E-state index in [1.807, 2.05) is 6.92 Å². The molecule has 0 aliphatic carbocycles. The summed E-state index contributed by atoms with van der Waals surface area (Å²) in [7, 11) is 1.91. The second-order valence-electron chi connectivity index (χ2n) is 5.95. The summed E-state index contributed by atoms with van der Waals surface area (Å²) in [6.07, 6.45) is 3.10. The van der Waals surface area contributed by atoms with Crippen LogP contribution < -0.4 is 0 Å². The van der Waals surface area contributed by atoms with Crippen molar-refractivity contribution in [2.75, 3.05) is 34.3 Å². The van der Waals surface area contributed by atoms with Gasteiger partial charge >= 0.3 is 5.97 Å². The van der Waals surface area contributed by atoms with Crippen LogP contribution in [-0.2, 0) is 19.6 Å². The molecule has 130 valence electrons. The number of ether oxygens (including phenoxy) is 1. The molecule has 1 rings (SSSR count). The first kappa shape index (κ1) is 21.3.